The first-order valence-electron chi connectivity index (χ1n) is 5.64. The number of thioether (sulfide) groups is 1. The predicted molar refractivity (Wildman–Crippen MR) is 67.6 cm³/mol. The fourth-order valence-corrected chi connectivity index (χ4v) is 1.85. The molecule has 0 aliphatic carbocycles. The van der Waals surface area contributed by atoms with Crippen molar-refractivity contribution in [1.29, 1.82) is 0 Å². The van der Waals surface area contributed by atoms with Crippen molar-refractivity contribution in [1.82, 2.24) is 20.4 Å². The van der Waals surface area contributed by atoms with Crippen molar-refractivity contribution in [2.45, 2.75) is 11.6 Å². The standard InChI is InChI=1S/C10H10F3N5O2S/c1-18(2)9-16-14-7(19-9)8-15-17-10(20-8)21-4-3-5(11)6(12)13/h3-4H2,1-2H3. The molecule has 0 bridgehead atoms. The lowest BCUT2D eigenvalue weighted by atomic mass is 10.4. The van der Waals surface area contributed by atoms with Gasteiger partial charge in [0.1, 0.15) is 0 Å². The van der Waals surface area contributed by atoms with Crippen LogP contribution >= 0.6 is 11.8 Å². The van der Waals surface area contributed by atoms with Gasteiger partial charge in [0.15, 0.2) is 5.83 Å². The van der Waals surface area contributed by atoms with E-state index in [1.54, 1.807) is 19.0 Å². The summed E-state index contributed by atoms with van der Waals surface area (Å²) < 4.78 is 46.8. The Hall–Kier alpha value is -2.04. The molecule has 2 heterocycles. The Morgan fingerprint density at radius 1 is 1.05 bits per heavy atom. The molecule has 0 saturated carbocycles. The Morgan fingerprint density at radius 3 is 2.33 bits per heavy atom. The molecule has 11 heteroatoms. The van der Waals surface area contributed by atoms with Crippen molar-refractivity contribution in [2.75, 3.05) is 24.7 Å². The highest BCUT2D eigenvalue weighted by Crippen LogP contribution is 2.25. The highest BCUT2D eigenvalue weighted by atomic mass is 32.2. The lowest BCUT2D eigenvalue weighted by Gasteiger charge is -2.02. The zero-order chi connectivity index (χ0) is 15.4. The normalized spacial score (nSPS) is 10.7. The van der Waals surface area contributed by atoms with E-state index >= 15 is 0 Å². The van der Waals surface area contributed by atoms with Crippen LogP contribution in [0.1, 0.15) is 6.42 Å². The second-order valence-corrected chi connectivity index (χ2v) is 4.97. The molecule has 114 valence electrons. The van der Waals surface area contributed by atoms with Crippen LogP contribution in [-0.2, 0) is 0 Å². The molecule has 0 atom stereocenters. The lowest BCUT2D eigenvalue weighted by molar-refractivity contribution is 0.373. The summed E-state index contributed by atoms with van der Waals surface area (Å²) in [5, 5.41) is 14.9. The second-order valence-electron chi connectivity index (χ2n) is 3.92. The van der Waals surface area contributed by atoms with Crippen LogP contribution < -0.4 is 4.90 Å². The number of anilines is 1. The molecular formula is C10H10F3N5O2S. The van der Waals surface area contributed by atoms with Gasteiger partial charge in [0.25, 0.3) is 5.22 Å². The van der Waals surface area contributed by atoms with Gasteiger partial charge in [-0.2, -0.15) is 8.78 Å². The average Bonchev–Trinajstić information content (AvgIpc) is 3.06. The Morgan fingerprint density at radius 2 is 1.71 bits per heavy atom. The minimum atomic E-state index is -2.32. The highest BCUT2D eigenvalue weighted by molar-refractivity contribution is 7.99. The Balaban J connectivity index is 1.96. The van der Waals surface area contributed by atoms with Gasteiger partial charge in [-0.25, -0.2) is 4.39 Å². The van der Waals surface area contributed by atoms with E-state index in [4.69, 9.17) is 8.83 Å². The number of hydrogen-bond donors (Lipinski definition) is 0. The number of aromatic nitrogens is 4. The molecule has 21 heavy (non-hydrogen) atoms. The van der Waals surface area contributed by atoms with Crippen LogP contribution in [0.2, 0.25) is 0 Å². The van der Waals surface area contributed by atoms with E-state index < -0.39 is 18.3 Å². The van der Waals surface area contributed by atoms with Gasteiger partial charge in [-0.05, 0) is 0 Å². The van der Waals surface area contributed by atoms with Crippen molar-refractivity contribution in [3.05, 3.63) is 11.9 Å². The smallest absolute Gasteiger partial charge is 0.318 e. The van der Waals surface area contributed by atoms with E-state index in [0.717, 1.165) is 11.8 Å². The van der Waals surface area contributed by atoms with Crippen LogP contribution in [0.4, 0.5) is 19.2 Å². The summed E-state index contributed by atoms with van der Waals surface area (Å²) in [4.78, 5) is 1.60. The average molecular weight is 321 g/mol. The summed E-state index contributed by atoms with van der Waals surface area (Å²) in [7, 11) is 3.44. The van der Waals surface area contributed by atoms with Gasteiger partial charge in [0.05, 0.1) is 0 Å². The number of halogens is 3. The summed E-state index contributed by atoms with van der Waals surface area (Å²) in [6.07, 6.45) is -2.74. The van der Waals surface area contributed by atoms with Gasteiger partial charge in [-0.1, -0.05) is 16.9 Å². The largest absolute Gasteiger partial charge is 0.407 e. The first-order valence-corrected chi connectivity index (χ1v) is 6.63. The molecule has 0 radical (unpaired) electrons. The first kappa shape index (κ1) is 15.4. The third kappa shape index (κ3) is 3.97. The van der Waals surface area contributed by atoms with Crippen molar-refractivity contribution < 1.29 is 22.0 Å². The Kier molecular flexibility index (Phi) is 4.83. The molecule has 0 spiro atoms. The Labute approximate surface area is 121 Å². The number of allylic oxidation sites excluding steroid dienone is 1. The van der Waals surface area contributed by atoms with E-state index in [1.807, 2.05) is 0 Å². The van der Waals surface area contributed by atoms with Crippen molar-refractivity contribution >= 4 is 17.8 Å². The van der Waals surface area contributed by atoms with Crippen LogP contribution in [0.3, 0.4) is 0 Å². The van der Waals surface area contributed by atoms with E-state index in [9.17, 15) is 13.2 Å². The Bertz CT molecular complexity index is 638. The summed E-state index contributed by atoms with van der Waals surface area (Å²) >= 11 is 0.947. The van der Waals surface area contributed by atoms with Gasteiger partial charge in [-0.15, -0.1) is 15.3 Å². The molecule has 2 rings (SSSR count). The van der Waals surface area contributed by atoms with Gasteiger partial charge in [0, 0.05) is 26.3 Å². The minimum Gasteiger partial charge on any atom is -0.407 e. The molecule has 0 N–H and O–H groups in total. The van der Waals surface area contributed by atoms with Crippen LogP contribution in [0.25, 0.3) is 11.8 Å². The maximum absolute atomic E-state index is 12.6. The van der Waals surface area contributed by atoms with E-state index in [1.165, 1.54) is 0 Å². The summed E-state index contributed by atoms with van der Waals surface area (Å²) in [6.45, 7) is 0. The molecule has 0 amide bonds. The fraction of sp³-hybridized carbons (Fsp3) is 0.400. The fourth-order valence-electron chi connectivity index (χ4n) is 1.16. The second kappa shape index (κ2) is 6.61. The third-order valence-electron chi connectivity index (χ3n) is 2.14. The number of rotatable bonds is 6. The maximum Gasteiger partial charge on any atom is 0.318 e. The van der Waals surface area contributed by atoms with E-state index in [2.05, 4.69) is 20.4 Å². The topological polar surface area (TPSA) is 81.1 Å². The highest BCUT2D eigenvalue weighted by Gasteiger charge is 2.17. The predicted octanol–water partition coefficient (Wildman–Crippen LogP) is 2.75. The maximum atomic E-state index is 12.6. The summed E-state index contributed by atoms with van der Waals surface area (Å²) in [6, 6.07) is 0.267. The molecule has 0 fully saturated rings. The number of hydrogen-bond acceptors (Lipinski definition) is 8. The van der Waals surface area contributed by atoms with Gasteiger partial charge >= 0.3 is 23.9 Å². The zero-order valence-electron chi connectivity index (χ0n) is 11.0. The third-order valence-corrected chi connectivity index (χ3v) is 2.96. The molecule has 0 aromatic carbocycles. The van der Waals surface area contributed by atoms with E-state index in [0.29, 0.717) is 0 Å². The minimum absolute atomic E-state index is 0.00536. The van der Waals surface area contributed by atoms with Crippen molar-refractivity contribution in [2.24, 2.45) is 0 Å². The van der Waals surface area contributed by atoms with Gasteiger partial charge in [-0.3, -0.25) is 0 Å². The molecular weight excluding hydrogens is 311 g/mol. The summed E-state index contributed by atoms with van der Waals surface area (Å²) in [5.74, 6) is -1.36. The van der Waals surface area contributed by atoms with Crippen LogP contribution in [0.15, 0.2) is 26.0 Å². The van der Waals surface area contributed by atoms with Crippen molar-refractivity contribution in [3.63, 3.8) is 0 Å². The van der Waals surface area contributed by atoms with Gasteiger partial charge in [0.2, 0.25) is 0 Å². The zero-order valence-corrected chi connectivity index (χ0v) is 11.8. The lowest BCUT2D eigenvalue weighted by Crippen LogP contribution is -2.08. The molecule has 0 aliphatic rings. The quantitative estimate of drug-likeness (QED) is 0.751. The molecule has 0 saturated heterocycles. The molecule has 0 aliphatic heterocycles. The van der Waals surface area contributed by atoms with Crippen LogP contribution in [0.5, 0.6) is 0 Å². The van der Waals surface area contributed by atoms with E-state index in [-0.39, 0.29) is 28.8 Å². The SMILES string of the molecule is CN(C)c1nnc(-c2nnc(SCCC(F)=C(F)F)o2)o1. The van der Waals surface area contributed by atoms with Gasteiger partial charge < -0.3 is 13.7 Å². The molecule has 0 unspecified atom stereocenters. The monoisotopic (exact) mass is 321 g/mol. The molecule has 7 nitrogen and oxygen atoms in total. The van der Waals surface area contributed by atoms with Crippen molar-refractivity contribution in [3.8, 4) is 11.8 Å². The van der Waals surface area contributed by atoms with Crippen LogP contribution in [0, 0.1) is 0 Å². The van der Waals surface area contributed by atoms with Crippen LogP contribution in [-0.4, -0.2) is 40.2 Å². The first-order chi connectivity index (χ1) is 9.97. The number of nitrogens with zero attached hydrogens (tertiary/aromatic N) is 5. The molecule has 2 aromatic rings. The summed E-state index contributed by atoms with van der Waals surface area (Å²) in [5.41, 5.74) is 0. The molecule has 2 aromatic heterocycles.